The first-order chi connectivity index (χ1) is 4.23. The van der Waals surface area contributed by atoms with Crippen molar-refractivity contribution < 1.29 is 8.78 Å². The summed E-state index contributed by atoms with van der Waals surface area (Å²) in [6, 6.07) is -0.466. The van der Waals surface area contributed by atoms with Crippen LogP contribution in [0.15, 0.2) is 0 Å². The molecule has 1 aliphatic heterocycles. The van der Waals surface area contributed by atoms with Crippen LogP contribution in [0, 0.1) is 5.92 Å². The van der Waals surface area contributed by atoms with E-state index in [9.17, 15) is 8.78 Å². The van der Waals surface area contributed by atoms with E-state index in [2.05, 4.69) is 5.32 Å². The number of hydrogen-bond donors (Lipinski definition) is 1. The number of piperidine rings is 1. The molecular weight excluding hydrogens is 124 g/mol. The lowest BCUT2D eigenvalue weighted by Gasteiger charge is -2.05. The highest BCUT2D eigenvalue weighted by molar-refractivity contribution is 5.12. The quantitative estimate of drug-likeness (QED) is 0.520. The molecule has 0 aromatic carbocycles. The van der Waals surface area contributed by atoms with Crippen molar-refractivity contribution in [1.82, 2.24) is 5.32 Å². The van der Waals surface area contributed by atoms with Gasteiger partial charge in [-0.25, -0.2) is 8.78 Å². The van der Waals surface area contributed by atoms with Crippen LogP contribution >= 0.6 is 0 Å². The van der Waals surface area contributed by atoms with Gasteiger partial charge in [0.05, 0.1) is 6.04 Å². The summed E-state index contributed by atoms with van der Waals surface area (Å²) in [5, 5.41) is 2.80. The maximum absolute atomic E-state index is 12.4. The van der Waals surface area contributed by atoms with Crippen molar-refractivity contribution in [3.8, 4) is 0 Å². The largest absolute Gasteiger partial charge is 0.308 e. The first kappa shape index (κ1) is 5.59. The molecule has 1 N–H and O–H groups in total. The van der Waals surface area contributed by atoms with E-state index in [-0.39, 0.29) is 5.92 Å². The third-order valence-electron chi connectivity index (χ3n) is 2.26. The second-order valence-corrected chi connectivity index (χ2v) is 2.86. The Labute approximate surface area is 52.4 Å². The van der Waals surface area contributed by atoms with Gasteiger partial charge in [-0.15, -0.1) is 0 Å². The Morgan fingerprint density at radius 1 is 1.44 bits per heavy atom. The van der Waals surface area contributed by atoms with E-state index in [0.29, 0.717) is 6.42 Å². The average molecular weight is 133 g/mol. The van der Waals surface area contributed by atoms with Gasteiger partial charge >= 0.3 is 0 Å². The zero-order valence-electron chi connectivity index (χ0n) is 5.03. The van der Waals surface area contributed by atoms with Crippen LogP contribution in [0.4, 0.5) is 8.78 Å². The van der Waals surface area contributed by atoms with E-state index >= 15 is 0 Å². The molecule has 2 rings (SSSR count). The van der Waals surface area contributed by atoms with Gasteiger partial charge in [-0.1, -0.05) is 0 Å². The van der Waals surface area contributed by atoms with Crippen molar-refractivity contribution in [2.24, 2.45) is 5.92 Å². The molecule has 3 heteroatoms. The Bertz CT molecular complexity index is 121. The van der Waals surface area contributed by atoms with Gasteiger partial charge in [-0.2, -0.15) is 0 Å². The second-order valence-electron chi connectivity index (χ2n) is 2.86. The van der Waals surface area contributed by atoms with Crippen molar-refractivity contribution in [2.75, 3.05) is 6.54 Å². The van der Waals surface area contributed by atoms with Crippen molar-refractivity contribution in [3.63, 3.8) is 0 Å². The van der Waals surface area contributed by atoms with E-state index in [0.717, 1.165) is 13.0 Å². The van der Waals surface area contributed by atoms with E-state index in [1.165, 1.54) is 0 Å². The summed E-state index contributed by atoms with van der Waals surface area (Å²) in [5.74, 6) is -2.69. The maximum atomic E-state index is 12.4. The first-order valence-corrected chi connectivity index (χ1v) is 3.34. The molecule has 2 atom stereocenters. The SMILES string of the molecule is FC1(F)[C@@H]2CCCN[C@H]21. The van der Waals surface area contributed by atoms with Gasteiger partial charge in [-0.3, -0.25) is 0 Å². The number of fused-ring (bicyclic) bond motifs is 1. The minimum absolute atomic E-state index is 0.328. The highest BCUT2D eigenvalue weighted by Crippen LogP contribution is 2.52. The van der Waals surface area contributed by atoms with Gasteiger partial charge in [0, 0.05) is 5.92 Å². The van der Waals surface area contributed by atoms with E-state index in [1.54, 1.807) is 0 Å². The van der Waals surface area contributed by atoms with Crippen LogP contribution in [0.2, 0.25) is 0 Å². The highest BCUT2D eigenvalue weighted by atomic mass is 19.3. The smallest absolute Gasteiger partial charge is 0.268 e. The average Bonchev–Trinajstić information content (AvgIpc) is 2.39. The predicted molar refractivity (Wildman–Crippen MR) is 29.5 cm³/mol. The summed E-state index contributed by atoms with van der Waals surface area (Å²) < 4.78 is 24.9. The topological polar surface area (TPSA) is 12.0 Å². The monoisotopic (exact) mass is 133 g/mol. The number of nitrogens with one attached hydrogen (secondary N) is 1. The van der Waals surface area contributed by atoms with Crippen LogP contribution in [0.5, 0.6) is 0 Å². The molecule has 1 aliphatic carbocycles. The normalized spacial score (nSPS) is 46.0. The van der Waals surface area contributed by atoms with Crippen LogP contribution < -0.4 is 5.32 Å². The Morgan fingerprint density at radius 2 is 2.22 bits per heavy atom. The minimum atomic E-state index is -2.36. The fraction of sp³-hybridized carbons (Fsp3) is 1.00. The molecule has 1 heterocycles. The summed E-state index contributed by atoms with van der Waals surface area (Å²) in [4.78, 5) is 0. The Kier molecular flexibility index (Phi) is 0.903. The third-order valence-corrected chi connectivity index (χ3v) is 2.26. The fourth-order valence-electron chi connectivity index (χ4n) is 1.61. The molecule has 0 aromatic rings. The summed E-state index contributed by atoms with van der Waals surface area (Å²) in [7, 11) is 0. The van der Waals surface area contributed by atoms with Gasteiger partial charge < -0.3 is 5.32 Å². The fourth-order valence-corrected chi connectivity index (χ4v) is 1.61. The number of rotatable bonds is 0. The van der Waals surface area contributed by atoms with Crippen molar-refractivity contribution in [3.05, 3.63) is 0 Å². The van der Waals surface area contributed by atoms with Gasteiger partial charge in [0.15, 0.2) is 0 Å². The Morgan fingerprint density at radius 3 is 2.67 bits per heavy atom. The summed E-state index contributed by atoms with van der Waals surface area (Å²) in [6.45, 7) is 0.775. The molecule has 0 radical (unpaired) electrons. The van der Waals surface area contributed by atoms with Crippen LogP contribution in [0.25, 0.3) is 0 Å². The molecule has 0 spiro atoms. The van der Waals surface area contributed by atoms with E-state index < -0.39 is 12.0 Å². The van der Waals surface area contributed by atoms with Crippen LogP contribution in [0.1, 0.15) is 12.8 Å². The van der Waals surface area contributed by atoms with Crippen LogP contribution in [-0.4, -0.2) is 18.5 Å². The molecule has 0 amide bonds. The lowest BCUT2D eigenvalue weighted by molar-refractivity contribution is 0.0920. The summed E-state index contributed by atoms with van der Waals surface area (Å²) in [5.41, 5.74) is 0. The second kappa shape index (κ2) is 1.45. The van der Waals surface area contributed by atoms with Crippen molar-refractivity contribution >= 4 is 0 Å². The highest BCUT2D eigenvalue weighted by Gasteiger charge is 2.68. The summed E-state index contributed by atoms with van der Waals surface area (Å²) in [6.07, 6.45) is 1.63. The van der Waals surface area contributed by atoms with Gasteiger partial charge in [0.1, 0.15) is 0 Å². The number of alkyl halides is 2. The van der Waals surface area contributed by atoms with Gasteiger partial charge in [-0.05, 0) is 19.4 Å². The molecule has 9 heavy (non-hydrogen) atoms. The lowest BCUT2D eigenvalue weighted by Crippen LogP contribution is -2.25. The van der Waals surface area contributed by atoms with Gasteiger partial charge in [0.2, 0.25) is 0 Å². The van der Waals surface area contributed by atoms with E-state index in [4.69, 9.17) is 0 Å². The zero-order valence-corrected chi connectivity index (χ0v) is 5.03. The third kappa shape index (κ3) is 0.611. The Hall–Kier alpha value is -0.180. The predicted octanol–water partition coefficient (Wildman–Crippen LogP) is 1.00. The first-order valence-electron chi connectivity index (χ1n) is 3.34. The van der Waals surface area contributed by atoms with Crippen molar-refractivity contribution in [2.45, 2.75) is 24.8 Å². The number of halogens is 2. The molecule has 0 bridgehead atoms. The minimum Gasteiger partial charge on any atom is -0.308 e. The van der Waals surface area contributed by atoms with E-state index in [1.807, 2.05) is 0 Å². The molecule has 52 valence electrons. The molecule has 2 fully saturated rings. The van der Waals surface area contributed by atoms with Crippen LogP contribution in [-0.2, 0) is 0 Å². The number of hydrogen-bond acceptors (Lipinski definition) is 1. The maximum Gasteiger partial charge on any atom is 0.268 e. The molecule has 0 aromatic heterocycles. The molecule has 2 aliphatic rings. The lowest BCUT2D eigenvalue weighted by atomic mass is 10.2. The van der Waals surface area contributed by atoms with Gasteiger partial charge in [0.25, 0.3) is 5.92 Å². The molecule has 1 saturated carbocycles. The summed E-state index contributed by atoms with van der Waals surface area (Å²) >= 11 is 0. The Balaban J connectivity index is 2.06. The zero-order chi connectivity index (χ0) is 6.48. The molecule has 0 unspecified atom stereocenters. The van der Waals surface area contributed by atoms with Crippen LogP contribution in [0.3, 0.4) is 0 Å². The molecular formula is C6H9F2N. The molecule has 1 nitrogen and oxygen atoms in total. The van der Waals surface area contributed by atoms with Crippen molar-refractivity contribution in [1.29, 1.82) is 0 Å². The standard InChI is InChI=1S/C6H9F2N/c7-6(8)4-2-1-3-9-5(4)6/h4-5,9H,1-3H2/t4-,5-/m1/s1. The molecule has 1 saturated heterocycles.